The molecular weight excluding hydrogens is 432 g/mol. The van der Waals surface area contributed by atoms with Crippen molar-refractivity contribution in [2.45, 2.75) is 104 Å². The van der Waals surface area contributed by atoms with Crippen molar-refractivity contribution in [1.29, 1.82) is 0 Å². The summed E-state index contributed by atoms with van der Waals surface area (Å²) in [4.78, 5) is 37.3. The van der Waals surface area contributed by atoms with Crippen LogP contribution in [0.25, 0.3) is 0 Å². The normalized spacial score (nSPS) is 40.0. The first-order valence-electron chi connectivity index (χ1n) is 13.2. The second-order valence-corrected chi connectivity index (χ2v) is 11.6. The minimum Gasteiger partial charge on any atom is -0.458 e. The van der Waals surface area contributed by atoms with E-state index in [1.807, 2.05) is 13.0 Å². The Labute approximate surface area is 204 Å². The van der Waals surface area contributed by atoms with Gasteiger partial charge in [-0.25, -0.2) is 0 Å². The minimum atomic E-state index is -0.995. The van der Waals surface area contributed by atoms with E-state index in [9.17, 15) is 14.4 Å². The summed E-state index contributed by atoms with van der Waals surface area (Å²) in [5.74, 6) is 1.11. The van der Waals surface area contributed by atoms with Crippen LogP contribution in [0.5, 0.6) is 0 Å². The standard InChI is InChI=1S/C28H42O6/c1-6-18(2)33-17-34-28(25(31)16-32-19(3)29)14-11-24-22-8-7-20-15-21(30)9-12-26(20,4)23(22)10-13-27(24,28)5/h15,18,22-24H,6-14,16-17H2,1-5H3/t18?,22-,23+,24+,26+,27+,28+/m1/s1. The molecule has 0 spiro atoms. The first kappa shape index (κ1) is 25.6. The van der Waals surface area contributed by atoms with Crippen molar-refractivity contribution in [2.24, 2.45) is 28.6 Å². The molecule has 0 N–H and O–H groups in total. The first-order valence-corrected chi connectivity index (χ1v) is 13.2. The summed E-state index contributed by atoms with van der Waals surface area (Å²) in [7, 11) is 0. The van der Waals surface area contributed by atoms with Gasteiger partial charge in [-0.2, -0.15) is 0 Å². The highest BCUT2D eigenvalue weighted by atomic mass is 16.7. The fraction of sp³-hybridized carbons (Fsp3) is 0.821. The highest BCUT2D eigenvalue weighted by Gasteiger charge is 2.67. The number of carbonyl (C=O) groups is 3. The summed E-state index contributed by atoms with van der Waals surface area (Å²) >= 11 is 0. The fourth-order valence-electron chi connectivity index (χ4n) is 7.99. The number of carbonyl (C=O) groups excluding carboxylic acids is 3. The van der Waals surface area contributed by atoms with Gasteiger partial charge in [0.1, 0.15) is 12.4 Å². The van der Waals surface area contributed by atoms with E-state index in [1.54, 1.807) is 0 Å². The Balaban J connectivity index is 1.61. The second-order valence-electron chi connectivity index (χ2n) is 11.6. The van der Waals surface area contributed by atoms with Crippen LogP contribution in [0, 0.1) is 28.6 Å². The van der Waals surface area contributed by atoms with Crippen LogP contribution in [0.15, 0.2) is 11.6 Å². The first-order chi connectivity index (χ1) is 16.1. The molecular formula is C28H42O6. The van der Waals surface area contributed by atoms with Crippen LogP contribution in [0.1, 0.15) is 92.4 Å². The van der Waals surface area contributed by atoms with Crippen molar-refractivity contribution >= 4 is 17.5 Å². The second kappa shape index (κ2) is 9.50. The van der Waals surface area contributed by atoms with E-state index in [2.05, 4.69) is 20.8 Å². The zero-order valence-corrected chi connectivity index (χ0v) is 21.6. The topological polar surface area (TPSA) is 78.9 Å². The van der Waals surface area contributed by atoms with Crippen molar-refractivity contribution < 1.29 is 28.6 Å². The van der Waals surface area contributed by atoms with Crippen molar-refractivity contribution in [3.63, 3.8) is 0 Å². The Kier molecular flexibility index (Phi) is 7.14. The quantitative estimate of drug-likeness (QED) is 0.356. The number of ketones is 2. The van der Waals surface area contributed by atoms with E-state index in [0.29, 0.717) is 30.6 Å². The third kappa shape index (κ3) is 4.09. The molecule has 190 valence electrons. The van der Waals surface area contributed by atoms with Gasteiger partial charge in [-0.1, -0.05) is 26.3 Å². The third-order valence-electron chi connectivity index (χ3n) is 10.2. The zero-order chi connectivity index (χ0) is 24.7. The maximum atomic E-state index is 13.7. The number of fused-ring (bicyclic) bond motifs is 5. The molecule has 0 radical (unpaired) electrons. The highest BCUT2D eigenvalue weighted by Crippen LogP contribution is 2.68. The third-order valence-corrected chi connectivity index (χ3v) is 10.2. The van der Waals surface area contributed by atoms with E-state index in [-0.39, 0.29) is 41.9 Å². The van der Waals surface area contributed by atoms with Gasteiger partial charge in [0, 0.05) is 18.8 Å². The molecule has 0 aromatic heterocycles. The number of allylic oxidation sites excluding steroid dienone is 1. The number of ether oxygens (including phenoxy) is 3. The lowest BCUT2D eigenvalue weighted by atomic mass is 9.46. The summed E-state index contributed by atoms with van der Waals surface area (Å²) in [5, 5.41) is 0. The summed E-state index contributed by atoms with van der Waals surface area (Å²) < 4.78 is 17.5. The molecule has 1 unspecified atom stereocenters. The van der Waals surface area contributed by atoms with E-state index in [1.165, 1.54) is 12.5 Å². The monoisotopic (exact) mass is 474 g/mol. The number of hydrogen-bond donors (Lipinski definition) is 0. The smallest absolute Gasteiger partial charge is 0.303 e. The Hall–Kier alpha value is -1.53. The molecule has 0 aromatic carbocycles. The average molecular weight is 475 g/mol. The molecule has 0 aromatic rings. The van der Waals surface area contributed by atoms with Gasteiger partial charge in [0.15, 0.2) is 12.4 Å². The van der Waals surface area contributed by atoms with Gasteiger partial charge >= 0.3 is 5.97 Å². The Morgan fingerprint density at radius 3 is 2.53 bits per heavy atom. The van der Waals surface area contributed by atoms with Crippen molar-refractivity contribution in [3.05, 3.63) is 11.6 Å². The predicted octanol–water partition coefficient (Wildman–Crippen LogP) is 5.18. The van der Waals surface area contributed by atoms with Gasteiger partial charge in [0.25, 0.3) is 0 Å². The molecule has 34 heavy (non-hydrogen) atoms. The summed E-state index contributed by atoms with van der Waals surface area (Å²) in [6.07, 6.45) is 9.98. The highest BCUT2D eigenvalue weighted by molar-refractivity contribution is 5.92. The SMILES string of the molecule is CCC(C)OCO[C@]1(C(=O)COC(C)=O)CC[C@H]2[C@@H]3CCC4=CC(=O)CC[C@]4(C)[C@H]3CC[C@@]21C. The minimum absolute atomic E-state index is 0.0545. The van der Waals surface area contributed by atoms with Crippen molar-refractivity contribution in [3.8, 4) is 0 Å². The van der Waals surface area contributed by atoms with E-state index < -0.39 is 11.6 Å². The molecule has 3 saturated carbocycles. The molecule has 4 rings (SSSR count). The van der Waals surface area contributed by atoms with Crippen LogP contribution in [0.2, 0.25) is 0 Å². The van der Waals surface area contributed by atoms with Crippen LogP contribution >= 0.6 is 0 Å². The van der Waals surface area contributed by atoms with Gasteiger partial charge in [0.05, 0.1) is 6.10 Å². The van der Waals surface area contributed by atoms with Crippen LogP contribution in [-0.2, 0) is 28.6 Å². The molecule has 6 nitrogen and oxygen atoms in total. The Morgan fingerprint density at radius 1 is 1.09 bits per heavy atom. The lowest BCUT2D eigenvalue weighted by Crippen LogP contribution is -2.59. The number of rotatable bonds is 8. The van der Waals surface area contributed by atoms with Crippen molar-refractivity contribution in [2.75, 3.05) is 13.4 Å². The number of Topliss-reactive ketones (excluding diaryl/α,β-unsaturated/α-hetero) is 1. The zero-order valence-electron chi connectivity index (χ0n) is 21.6. The summed E-state index contributed by atoms with van der Waals surface area (Å²) in [6, 6.07) is 0. The van der Waals surface area contributed by atoms with Crippen LogP contribution in [0.4, 0.5) is 0 Å². The molecule has 4 aliphatic carbocycles. The lowest BCUT2D eigenvalue weighted by molar-refractivity contribution is -0.214. The van der Waals surface area contributed by atoms with E-state index in [4.69, 9.17) is 14.2 Å². The molecule has 0 saturated heterocycles. The Bertz CT molecular complexity index is 863. The van der Waals surface area contributed by atoms with Gasteiger partial charge in [-0.05, 0) is 87.5 Å². The molecule has 0 heterocycles. The molecule has 4 aliphatic rings. The molecule has 0 aliphatic heterocycles. The maximum absolute atomic E-state index is 13.7. The van der Waals surface area contributed by atoms with Gasteiger partial charge in [-0.3, -0.25) is 14.4 Å². The number of esters is 1. The van der Waals surface area contributed by atoms with E-state index >= 15 is 0 Å². The van der Waals surface area contributed by atoms with Gasteiger partial charge in [-0.15, -0.1) is 0 Å². The largest absolute Gasteiger partial charge is 0.458 e. The summed E-state index contributed by atoms with van der Waals surface area (Å²) in [5.41, 5.74) is 0.116. The molecule has 0 amide bonds. The molecule has 3 fully saturated rings. The fourth-order valence-corrected chi connectivity index (χ4v) is 7.99. The van der Waals surface area contributed by atoms with E-state index in [0.717, 1.165) is 44.9 Å². The van der Waals surface area contributed by atoms with Gasteiger partial charge in [0.2, 0.25) is 5.78 Å². The van der Waals surface area contributed by atoms with Crippen LogP contribution in [0.3, 0.4) is 0 Å². The molecule has 0 bridgehead atoms. The average Bonchev–Trinajstić information content (AvgIpc) is 3.11. The lowest BCUT2D eigenvalue weighted by Gasteiger charge is -2.59. The molecule has 6 heteroatoms. The molecule has 7 atom stereocenters. The number of hydrogen-bond acceptors (Lipinski definition) is 6. The van der Waals surface area contributed by atoms with Crippen molar-refractivity contribution in [1.82, 2.24) is 0 Å². The van der Waals surface area contributed by atoms with Gasteiger partial charge < -0.3 is 14.2 Å². The summed E-state index contributed by atoms with van der Waals surface area (Å²) in [6.45, 7) is 9.82. The maximum Gasteiger partial charge on any atom is 0.303 e. The van der Waals surface area contributed by atoms with Crippen LogP contribution in [-0.4, -0.2) is 42.6 Å². The van der Waals surface area contributed by atoms with Crippen LogP contribution < -0.4 is 0 Å². The predicted molar refractivity (Wildman–Crippen MR) is 128 cm³/mol. The Morgan fingerprint density at radius 2 is 1.82 bits per heavy atom.